The number of rotatable bonds is 7. The lowest BCUT2D eigenvalue weighted by Gasteiger charge is -2.32. The number of nitrogens with one attached hydrogen (secondary N) is 1. The number of nitrogens with zero attached hydrogens (tertiary/aromatic N) is 3. The van der Waals surface area contributed by atoms with Crippen LogP contribution < -0.4 is 5.32 Å². The highest BCUT2D eigenvalue weighted by Crippen LogP contribution is 2.18. The second-order valence-electron chi connectivity index (χ2n) is 7.40. The summed E-state index contributed by atoms with van der Waals surface area (Å²) in [6, 6.07) is 6.80. The Morgan fingerprint density at radius 3 is 2.59 bits per heavy atom. The van der Waals surface area contributed by atoms with Crippen LogP contribution in [0, 0.1) is 5.92 Å². The fourth-order valence-electron chi connectivity index (χ4n) is 3.61. The zero-order valence-corrected chi connectivity index (χ0v) is 16.5. The van der Waals surface area contributed by atoms with E-state index in [1.54, 1.807) is 48.4 Å². The summed E-state index contributed by atoms with van der Waals surface area (Å²) in [6.45, 7) is 1.90. The number of hydrogen-bond acceptors (Lipinski definition) is 4. The SMILES string of the molecule is Cn1cc(C(=O)NCC2CCN(C(=O)CCc3ccccc3C(=O)O)CC2)cn1. The summed E-state index contributed by atoms with van der Waals surface area (Å²) in [6.07, 6.45) is 5.61. The maximum absolute atomic E-state index is 12.5. The Balaban J connectivity index is 1.41. The van der Waals surface area contributed by atoms with Gasteiger partial charge in [-0.2, -0.15) is 5.10 Å². The molecule has 1 aliphatic rings. The van der Waals surface area contributed by atoms with E-state index in [4.69, 9.17) is 0 Å². The standard InChI is InChI=1S/C21H26N4O4/c1-24-14-17(13-23-24)20(27)22-12-15-8-10-25(11-9-15)19(26)7-6-16-4-2-3-5-18(16)21(28)29/h2-5,13-15H,6-12H2,1H3,(H,22,27)(H,28,29). The lowest BCUT2D eigenvalue weighted by Crippen LogP contribution is -2.41. The van der Waals surface area contributed by atoms with Crippen molar-refractivity contribution in [3.63, 3.8) is 0 Å². The van der Waals surface area contributed by atoms with Crippen LogP contribution in [-0.2, 0) is 18.3 Å². The fourth-order valence-corrected chi connectivity index (χ4v) is 3.61. The Morgan fingerprint density at radius 1 is 1.21 bits per heavy atom. The second-order valence-corrected chi connectivity index (χ2v) is 7.40. The molecule has 0 aliphatic carbocycles. The first-order valence-corrected chi connectivity index (χ1v) is 9.80. The van der Waals surface area contributed by atoms with E-state index in [1.807, 2.05) is 4.90 Å². The molecule has 1 aromatic carbocycles. The summed E-state index contributed by atoms with van der Waals surface area (Å²) in [7, 11) is 1.77. The number of amides is 2. The predicted octanol–water partition coefficient (Wildman–Crippen LogP) is 1.72. The summed E-state index contributed by atoms with van der Waals surface area (Å²) in [5.41, 5.74) is 1.48. The van der Waals surface area contributed by atoms with Gasteiger partial charge < -0.3 is 15.3 Å². The second kappa shape index (κ2) is 9.36. The summed E-state index contributed by atoms with van der Waals surface area (Å²) >= 11 is 0. The molecule has 0 spiro atoms. The van der Waals surface area contributed by atoms with Gasteiger partial charge in [-0.05, 0) is 36.8 Å². The van der Waals surface area contributed by atoms with E-state index in [0.717, 1.165) is 12.8 Å². The van der Waals surface area contributed by atoms with Crippen LogP contribution in [0.2, 0.25) is 0 Å². The molecule has 2 aromatic rings. The molecule has 2 N–H and O–H groups in total. The third kappa shape index (κ3) is 5.43. The lowest BCUT2D eigenvalue weighted by atomic mass is 9.96. The van der Waals surface area contributed by atoms with Gasteiger partial charge in [-0.25, -0.2) is 4.79 Å². The van der Waals surface area contributed by atoms with Crippen molar-refractivity contribution in [2.24, 2.45) is 13.0 Å². The minimum absolute atomic E-state index is 0.0445. The first kappa shape index (κ1) is 20.6. The molecule has 29 heavy (non-hydrogen) atoms. The molecular weight excluding hydrogens is 372 g/mol. The number of carbonyl (C=O) groups is 3. The molecule has 8 heteroatoms. The van der Waals surface area contributed by atoms with Gasteiger partial charge in [0.2, 0.25) is 5.91 Å². The van der Waals surface area contributed by atoms with Crippen molar-refractivity contribution < 1.29 is 19.5 Å². The number of carboxylic acid groups (broad SMARTS) is 1. The number of carbonyl (C=O) groups excluding carboxylic acids is 2. The minimum Gasteiger partial charge on any atom is -0.478 e. The Labute approximate surface area is 169 Å². The molecule has 1 saturated heterocycles. The van der Waals surface area contributed by atoms with Crippen LogP contribution >= 0.6 is 0 Å². The lowest BCUT2D eigenvalue weighted by molar-refractivity contribution is -0.132. The number of aromatic nitrogens is 2. The minimum atomic E-state index is -0.970. The van der Waals surface area contributed by atoms with Crippen LogP contribution in [0.25, 0.3) is 0 Å². The van der Waals surface area contributed by atoms with Gasteiger partial charge in [0.25, 0.3) is 5.91 Å². The number of aromatic carboxylic acids is 1. The predicted molar refractivity (Wildman–Crippen MR) is 107 cm³/mol. The van der Waals surface area contributed by atoms with Gasteiger partial charge in [0.1, 0.15) is 0 Å². The molecule has 0 bridgehead atoms. The Hall–Kier alpha value is -3.16. The van der Waals surface area contributed by atoms with E-state index in [2.05, 4.69) is 10.4 Å². The molecule has 2 heterocycles. The van der Waals surface area contributed by atoms with E-state index in [-0.39, 0.29) is 17.4 Å². The highest BCUT2D eigenvalue weighted by molar-refractivity contribution is 5.93. The molecule has 154 valence electrons. The van der Waals surface area contributed by atoms with Gasteiger partial charge in [0.05, 0.1) is 17.3 Å². The summed E-state index contributed by atoms with van der Waals surface area (Å²) in [4.78, 5) is 37.7. The number of hydrogen-bond donors (Lipinski definition) is 2. The molecule has 2 amide bonds. The summed E-state index contributed by atoms with van der Waals surface area (Å²) in [5, 5.41) is 16.2. The zero-order valence-electron chi connectivity index (χ0n) is 16.5. The molecule has 8 nitrogen and oxygen atoms in total. The third-order valence-corrected chi connectivity index (χ3v) is 5.34. The molecule has 0 radical (unpaired) electrons. The van der Waals surface area contributed by atoms with Gasteiger partial charge >= 0.3 is 5.97 Å². The van der Waals surface area contributed by atoms with Gasteiger partial charge in [0.15, 0.2) is 0 Å². The van der Waals surface area contributed by atoms with Crippen molar-refractivity contribution >= 4 is 17.8 Å². The zero-order chi connectivity index (χ0) is 20.8. The fraction of sp³-hybridized carbons (Fsp3) is 0.429. The van der Waals surface area contributed by atoms with E-state index < -0.39 is 5.97 Å². The van der Waals surface area contributed by atoms with Crippen molar-refractivity contribution in [1.29, 1.82) is 0 Å². The van der Waals surface area contributed by atoms with E-state index >= 15 is 0 Å². The molecule has 1 aromatic heterocycles. The van der Waals surface area contributed by atoms with Gasteiger partial charge in [-0.3, -0.25) is 14.3 Å². The van der Waals surface area contributed by atoms with E-state index in [9.17, 15) is 19.5 Å². The van der Waals surface area contributed by atoms with Crippen molar-refractivity contribution in [3.05, 3.63) is 53.3 Å². The number of benzene rings is 1. The van der Waals surface area contributed by atoms with E-state index in [1.165, 1.54) is 0 Å². The molecule has 1 aliphatic heterocycles. The maximum Gasteiger partial charge on any atom is 0.335 e. The highest BCUT2D eigenvalue weighted by atomic mass is 16.4. The Bertz CT molecular complexity index is 884. The average molecular weight is 398 g/mol. The third-order valence-electron chi connectivity index (χ3n) is 5.34. The monoisotopic (exact) mass is 398 g/mol. The first-order valence-electron chi connectivity index (χ1n) is 9.80. The van der Waals surface area contributed by atoms with E-state index in [0.29, 0.717) is 49.5 Å². The summed E-state index contributed by atoms with van der Waals surface area (Å²) in [5.74, 6) is -0.716. The van der Waals surface area contributed by atoms with Crippen molar-refractivity contribution in [3.8, 4) is 0 Å². The Morgan fingerprint density at radius 2 is 1.93 bits per heavy atom. The molecule has 1 fully saturated rings. The molecular formula is C21H26N4O4. The quantitative estimate of drug-likeness (QED) is 0.739. The molecule has 0 unspecified atom stereocenters. The van der Waals surface area contributed by atoms with Crippen LogP contribution in [-0.4, -0.2) is 57.2 Å². The van der Waals surface area contributed by atoms with Crippen LogP contribution in [0.4, 0.5) is 0 Å². The van der Waals surface area contributed by atoms with Gasteiger partial charge in [-0.1, -0.05) is 18.2 Å². The number of carboxylic acids is 1. The first-order chi connectivity index (χ1) is 13.9. The van der Waals surface area contributed by atoms with Crippen molar-refractivity contribution in [2.45, 2.75) is 25.7 Å². The van der Waals surface area contributed by atoms with Crippen LogP contribution in [0.5, 0.6) is 0 Å². The molecule has 0 saturated carbocycles. The van der Waals surface area contributed by atoms with Crippen molar-refractivity contribution in [2.75, 3.05) is 19.6 Å². The van der Waals surface area contributed by atoms with Crippen LogP contribution in [0.3, 0.4) is 0 Å². The van der Waals surface area contributed by atoms with Gasteiger partial charge in [0, 0.05) is 39.3 Å². The topological polar surface area (TPSA) is 105 Å². The maximum atomic E-state index is 12.5. The average Bonchev–Trinajstić information content (AvgIpc) is 3.17. The van der Waals surface area contributed by atoms with Gasteiger partial charge in [-0.15, -0.1) is 0 Å². The highest BCUT2D eigenvalue weighted by Gasteiger charge is 2.23. The number of piperidine rings is 1. The normalized spacial score (nSPS) is 14.6. The molecule has 0 atom stereocenters. The number of likely N-dealkylation sites (tertiary alicyclic amines) is 1. The summed E-state index contributed by atoms with van der Waals surface area (Å²) < 4.78 is 1.59. The number of aryl methyl sites for hydroxylation is 2. The largest absolute Gasteiger partial charge is 0.478 e. The van der Waals surface area contributed by atoms with Crippen LogP contribution in [0.1, 0.15) is 45.5 Å². The smallest absolute Gasteiger partial charge is 0.335 e. The van der Waals surface area contributed by atoms with Crippen molar-refractivity contribution in [1.82, 2.24) is 20.0 Å². The van der Waals surface area contributed by atoms with Crippen LogP contribution in [0.15, 0.2) is 36.7 Å². The molecule has 3 rings (SSSR count). The Kier molecular flexibility index (Phi) is 6.64.